The van der Waals surface area contributed by atoms with Crippen LogP contribution in [0.5, 0.6) is 11.5 Å². The number of benzene rings is 2. The molecule has 0 aliphatic carbocycles. The first kappa shape index (κ1) is 18.9. The molecule has 142 valence electrons. The van der Waals surface area contributed by atoms with Gasteiger partial charge in [-0.3, -0.25) is 4.79 Å². The van der Waals surface area contributed by atoms with Gasteiger partial charge in [0.1, 0.15) is 11.6 Å². The van der Waals surface area contributed by atoms with Crippen LogP contribution in [-0.4, -0.2) is 31.7 Å². The second kappa shape index (κ2) is 8.22. The lowest BCUT2D eigenvalue weighted by Crippen LogP contribution is -2.21. The summed E-state index contributed by atoms with van der Waals surface area (Å²) in [5, 5.41) is 2.30. The summed E-state index contributed by atoms with van der Waals surface area (Å²) in [5.41, 5.74) is -0.288. The second-order valence-electron chi connectivity index (χ2n) is 5.58. The Morgan fingerprint density at radius 1 is 1.15 bits per heavy atom. The highest BCUT2D eigenvalue weighted by atomic mass is 35.5. The topological polar surface area (TPSA) is 73.9 Å². The summed E-state index contributed by atoms with van der Waals surface area (Å²) in [7, 11) is 0. The number of hydrogen-bond donors (Lipinski definition) is 1. The lowest BCUT2D eigenvalue weighted by molar-refractivity contribution is -0.119. The zero-order valence-corrected chi connectivity index (χ0v) is 14.6. The standard InChI is InChI=1S/C18H14ClF2NO5/c19-12-6-10(7-15-17(12)26-5-1-4-25-15)18(24)27-9-16(23)22-14-8-11(20)2-3-13(14)21/h2-3,6-8H,1,4-5,9H2,(H,22,23). The fraction of sp³-hybridized carbons (Fsp3) is 0.222. The minimum absolute atomic E-state index is 0.0639. The Hall–Kier alpha value is -2.87. The molecule has 1 aliphatic heterocycles. The van der Waals surface area contributed by atoms with Crippen molar-refractivity contribution in [3.8, 4) is 11.5 Å². The van der Waals surface area contributed by atoms with Crippen molar-refractivity contribution >= 4 is 29.2 Å². The number of amides is 1. The van der Waals surface area contributed by atoms with Crippen molar-refractivity contribution < 1.29 is 32.6 Å². The number of carbonyl (C=O) groups is 2. The van der Waals surface area contributed by atoms with Gasteiger partial charge in [0.2, 0.25) is 0 Å². The van der Waals surface area contributed by atoms with Crippen LogP contribution in [0.4, 0.5) is 14.5 Å². The van der Waals surface area contributed by atoms with Gasteiger partial charge in [0.25, 0.3) is 5.91 Å². The van der Waals surface area contributed by atoms with Crippen molar-refractivity contribution in [2.75, 3.05) is 25.1 Å². The van der Waals surface area contributed by atoms with Gasteiger partial charge in [0.05, 0.1) is 29.5 Å². The van der Waals surface area contributed by atoms with Crippen molar-refractivity contribution in [1.29, 1.82) is 0 Å². The monoisotopic (exact) mass is 397 g/mol. The summed E-state index contributed by atoms with van der Waals surface area (Å²) < 4.78 is 42.4. The maximum Gasteiger partial charge on any atom is 0.338 e. The maximum absolute atomic E-state index is 13.5. The van der Waals surface area contributed by atoms with Gasteiger partial charge in [0.15, 0.2) is 18.1 Å². The Morgan fingerprint density at radius 2 is 1.93 bits per heavy atom. The molecule has 0 saturated carbocycles. The smallest absolute Gasteiger partial charge is 0.338 e. The first-order valence-electron chi connectivity index (χ1n) is 7.95. The average Bonchev–Trinajstić information content (AvgIpc) is 2.88. The maximum atomic E-state index is 13.5. The fourth-order valence-electron chi connectivity index (χ4n) is 2.34. The van der Waals surface area contributed by atoms with E-state index in [0.29, 0.717) is 31.1 Å². The van der Waals surface area contributed by atoms with E-state index in [4.69, 9.17) is 25.8 Å². The van der Waals surface area contributed by atoms with Crippen molar-refractivity contribution in [3.05, 3.63) is 52.6 Å². The van der Waals surface area contributed by atoms with E-state index in [1.54, 1.807) is 0 Å². The molecule has 0 atom stereocenters. The first-order chi connectivity index (χ1) is 12.9. The minimum Gasteiger partial charge on any atom is -0.489 e. The quantitative estimate of drug-likeness (QED) is 0.798. The van der Waals surface area contributed by atoms with Crippen LogP contribution in [0.3, 0.4) is 0 Å². The van der Waals surface area contributed by atoms with Crippen LogP contribution < -0.4 is 14.8 Å². The summed E-state index contributed by atoms with van der Waals surface area (Å²) in [6.45, 7) is 0.150. The molecule has 0 unspecified atom stereocenters. The van der Waals surface area contributed by atoms with Crippen LogP contribution in [0.2, 0.25) is 5.02 Å². The number of rotatable bonds is 4. The normalized spacial score (nSPS) is 12.9. The van der Waals surface area contributed by atoms with Crippen molar-refractivity contribution in [3.63, 3.8) is 0 Å². The Balaban J connectivity index is 1.64. The number of carbonyl (C=O) groups excluding carboxylic acids is 2. The van der Waals surface area contributed by atoms with E-state index >= 15 is 0 Å². The third-order valence-electron chi connectivity index (χ3n) is 3.57. The highest BCUT2D eigenvalue weighted by Crippen LogP contribution is 2.38. The molecule has 0 bridgehead atoms. The predicted molar refractivity (Wildman–Crippen MR) is 92.3 cm³/mol. The Kier molecular flexibility index (Phi) is 5.75. The number of fused-ring (bicyclic) bond motifs is 1. The molecular weight excluding hydrogens is 384 g/mol. The third kappa shape index (κ3) is 4.65. The van der Waals surface area contributed by atoms with Gasteiger partial charge in [-0.2, -0.15) is 0 Å². The molecule has 3 rings (SSSR count). The molecule has 0 radical (unpaired) electrons. The summed E-state index contributed by atoms with van der Waals surface area (Å²) in [6.07, 6.45) is 0.668. The van der Waals surface area contributed by atoms with Crippen molar-refractivity contribution in [1.82, 2.24) is 0 Å². The number of nitrogens with one attached hydrogen (secondary N) is 1. The van der Waals surface area contributed by atoms with Gasteiger partial charge < -0.3 is 19.5 Å². The van der Waals surface area contributed by atoms with E-state index in [9.17, 15) is 18.4 Å². The SMILES string of the molecule is O=C(COC(=O)c1cc(Cl)c2c(c1)OCCCO2)Nc1cc(F)ccc1F. The molecule has 1 aliphatic rings. The lowest BCUT2D eigenvalue weighted by atomic mass is 10.2. The van der Waals surface area contributed by atoms with Gasteiger partial charge in [-0.1, -0.05) is 11.6 Å². The molecule has 0 saturated heterocycles. The largest absolute Gasteiger partial charge is 0.489 e. The van der Waals surface area contributed by atoms with Gasteiger partial charge in [-0.15, -0.1) is 0 Å². The van der Waals surface area contributed by atoms with Crippen LogP contribution in [-0.2, 0) is 9.53 Å². The summed E-state index contributed by atoms with van der Waals surface area (Å²) in [6, 6.07) is 5.34. The Labute approximate surface area is 158 Å². The van der Waals surface area contributed by atoms with E-state index < -0.39 is 30.1 Å². The predicted octanol–water partition coefficient (Wildman–Crippen LogP) is 3.58. The average molecular weight is 398 g/mol. The van der Waals surface area contributed by atoms with Crippen LogP contribution in [0.25, 0.3) is 0 Å². The van der Waals surface area contributed by atoms with Crippen LogP contribution in [0, 0.1) is 11.6 Å². The van der Waals surface area contributed by atoms with Crippen LogP contribution in [0.15, 0.2) is 30.3 Å². The molecule has 0 aromatic heterocycles. The van der Waals surface area contributed by atoms with Crippen molar-refractivity contribution in [2.24, 2.45) is 0 Å². The highest BCUT2D eigenvalue weighted by molar-refractivity contribution is 6.32. The van der Waals surface area contributed by atoms with E-state index in [2.05, 4.69) is 5.32 Å². The molecule has 2 aromatic rings. The van der Waals surface area contributed by atoms with Crippen LogP contribution >= 0.6 is 11.6 Å². The van der Waals surface area contributed by atoms with Crippen molar-refractivity contribution in [2.45, 2.75) is 6.42 Å². The molecule has 1 amide bonds. The minimum atomic E-state index is -0.831. The molecule has 1 N–H and O–H groups in total. The van der Waals surface area contributed by atoms with E-state index in [1.807, 2.05) is 0 Å². The number of ether oxygens (including phenoxy) is 3. The summed E-state index contributed by atoms with van der Waals surface area (Å²) in [4.78, 5) is 24.0. The number of anilines is 1. The number of halogens is 3. The summed E-state index contributed by atoms with van der Waals surface area (Å²) >= 11 is 6.10. The van der Waals surface area contributed by atoms with Gasteiger partial charge in [0, 0.05) is 12.5 Å². The molecule has 6 nitrogen and oxygen atoms in total. The molecule has 27 heavy (non-hydrogen) atoms. The fourth-order valence-corrected chi connectivity index (χ4v) is 2.61. The van der Waals surface area contributed by atoms with E-state index in [0.717, 1.165) is 18.2 Å². The summed E-state index contributed by atoms with van der Waals surface area (Å²) in [5.74, 6) is -2.55. The molecule has 9 heteroatoms. The van der Waals surface area contributed by atoms with Gasteiger partial charge in [-0.25, -0.2) is 13.6 Å². The second-order valence-corrected chi connectivity index (χ2v) is 5.99. The zero-order valence-electron chi connectivity index (χ0n) is 13.9. The molecule has 1 heterocycles. The number of esters is 1. The van der Waals surface area contributed by atoms with Crippen LogP contribution in [0.1, 0.15) is 16.8 Å². The Morgan fingerprint density at radius 3 is 2.74 bits per heavy atom. The molecule has 0 fully saturated rings. The zero-order chi connectivity index (χ0) is 19.4. The Bertz CT molecular complexity index is 890. The molecule has 2 aromatic carbocycles. The van der Waals surface area contributed by atoms with Gasteiger partial charge in [-0.05, 0) is 24.3 Å². The molecule has 0 spiro atoms. The molecular formula is C18H14ClF2NO5. The van der Waals surface area contributed by atoms with E-state index in [-0.39, 0.29) is 16.3 Å². The van der Waals surface area contributed by atoms with E-state index in [1.165, 1.54) is 12.1 Å². The van der Waals surface area contributed by atoms with Gasteiger partial charge >= 0.3 is 5.97 Å². The third-order valence-corrected chi connectivity index (χ3v) is 3.86. The number of hydrogen-bond acceptors (Lipinski definition) is 5. The highest BCUT2D eigenvalue weighted by Gasteiger charge is 2.20. The lowest BCUT2D eigenvalue weighted by Gasteiger charge is -2.11. The first-order valence-corrected chi connectivity index (χ1v) is 8.33.